The molecule has 11 amide bonds. The summed E-state index contributed by atoms with van der Waals surface area (Å²) in [5.74, 6) is -9.71. The van der Waals surface area contributed by atoms with Gasteiger partial charge in [0, 0.05) is 61.5 Å². The van der Waals surface area contributed by atoms with Crippen molar-refractivity contribution in [3.63, 3.8) is 0 Å². The number of allylic oxidation sites excluding steroid dienone is 2. The summed E-state index contributed by atoms with van der Waals surface area (Å²) in [6.45, 7) is 32.5. The number of thioether (sulfide) groups is 1. The molecule has 1 aliphatic rings. The molecular formula is C71H129N11O14S. The zero-order valence-corrected chi connectivity index (χ0v) is 64.7. The van der Waals surface area contributed by atoms with Gasteiger partial charge in [0.15, 0.2) is 0 Å². The van der Waals surface area contributed by atoms with Crippen LogP contribution in [0.1, 0.15) is 196 Å². The largest absolute Gasteiger partial charge is 0.390 e. The second-order valence-corrected chi connectivity index (χ2v) is 31.5. The molecule has 13 atom stereocenters. The molecule has 0 aromatic carbocycles. The average Bonchev–Trinajstić information content (AvgIpc) is 0.811. The van der Waals surface area contributed by atoms with E-state index < -0.39 is 166 Å². The molecule has 25 nitrogen and oxygen atoms in total. The summed E-state index contributed by atoms with van der Waals surface area (Å²) in [6.07, 6.45) is 4.53. The molecule has 0 spiro atoms. The van der Waals surface area contributed by atoms with E-state index in [-0.39, 0.29) is 62.0 Å². The number of rotatable bonds is 23. The van der Waals surface area contributed by atoms with Crippen molar-refractivity contribution >= 4 is 76.7 Å². The minimum Gasteiger partial charge on any atom is -0.390 e. The van der Waals surface area contributed by atoms with Gasteiger partial charge >= 0.3 is 0 Å². The fourth-order valence-corrected chi connectivity index (χ4v) is 13.2. The highest BCUT2D eigenvalue weighted by atomic mass is 32.2. The molecule has 0 bridgehead atoms. The first-order valence-electron chi connectivity index (χ1n) is 35.0. The maximum absolute atomic E-state index is 15.4. The summed E-state index contributed by atoms with van der Waals surface area (Å²) in [7, 11) is 9.83. The lowest BCUT2D eigenvalue weighted by Crippen LogP contribution is -2.64. The maximum Gasteiger partial charge on any atom is 0.246 e. The van der Waals surface area contributed by atoms with Crippen LogP contribution in [0.5, 0.6) is 0 Å². The lowest BCUT2D eigenvalue weighted by atomic mass is 9.91. The van der Waals surface area contributed by atoms with E-state index >= 15 is 33.6 Å². The van der Waals surface area contributed by atoms with Crippen LogP contribution in [-0.2, 0) is 52.7 Å². The van der Waals surface area contributed by atoms with Crippen LogP contribution in [0.2, 0.25) is 0 Å². The van der Waals surface area contributed by atoms with Crippen LogP contribution < -0.4 is 21.3 Å². The van der Waals surface area contributed by atoms with Crippen LogP contribution in [0, 0.1) is 35.5 Å². The number of nitrogens with zero attached hydrogens (tertiary/aromatic N) is 7. The molecule has 26 heteroatoms. The predicted octanol–water partition coefficient (Wildman–Crippen LogP) is 4.82. The normalized spacial score (nSPS) is 26.1. The molecule has 97 heavy (non-hydrogen) atoms. The number of aliphatic hydroxyl groups excluding tert-OH is 1. The summed E-state index contributed by atoms with van der Waals surface area (Å²) in [4.78, 5) is 173. The Labute approximate surface area is 585 Å². The standard InChI is InChI=1S/C71H129N11O14S/c1-27-29-32-46(13)58(83)57-62(87)74-49(28-2)64(89)80(24)54(40-97-36-31-30-35-70(16,17)95)67(92)79(23)53(39-71(18,19)96)61(86)75-55(44(9)10)68(93)76(20)50(34-33-41(3)4)60(85)72-47(14)59(84)73-48(15)63(88)77(21)51(37-42(5)6)65(90)78(22)52(38-43(7)8)66(91)81(25)56(45(11)12)69(94)82(57)26/h27,29,41-58,83,95-96H,28,30-40H2,1-26H3,(H,72,85)(H,73,84)(H,74,87)(H,75,86)/b29-27+/t46-,47-,48+,49-,50-,51+,52-,53+,54+,55-,56-,57+,58-/m1/s1. The van der Waals surface area contributed by atoms with E-state index in [0.29, 0.717) is 31.4 Å². The number of hydrogen-bond donors (Lipinski definition) is 7. The number of carbonyl (C=O) groups is 11. The van der Waals surface area contributed by atoms with Gasteiger partial charge in [0.1, 0.15) is 66.5 Å². The van der Waals surface area contributed by atoms with E-state index in [9.17, 15) is 34.5 Å². The lowest BCUT2D eigenvalue weighted by Gasteiger charge is -2.41. The second kappa shape index (κ2) is 40.4. The highest BCUT2D eigenvalue weighted by Crippen LogP contribution is 2.27. The topological polar surface area (TPSA) is 319 Å². The second-order valence-electron chi connectivity index (χ2n) is 30.4. The van der Waals surface area contributed by atoms with Crippen molar-refractivity contribution in [2.75, 3.05) is 60.8 Å². The molecule has 0 saturated carbocycles. The van der Waals surface area contributed by atoms with Crippen molar-refractivity contribution in [3.05, 3.63) is 12.2 Å². The number of nitrogens with one attached hydrogen (secondary N) is 4. The molecule has 0 aromatic heterocycles. The van der Waals surface area contributed by atoms with Crippen LogP contribution in [0.3, 0.4) is 0 Å². The molecule has 1 rings (SSSR count). The quantitative estimate of drug-likeness (QED) is 0.0533. The van der Waals surface area contributed by atoms with Crippen LogP contribution in [0.4, 0.5) is 0 Å². The highest BCUT2D eigenvalue weighted by molar-refractivity contribution is 7.99. The van der Waals surface area contributed by atoms with Crippen LogP contribution in [-0.4, -0.2) is 259 Å². The summed E-state index contributed by atoms with van der Waals surface area (Å²) in [5.41, 5.74) is -2.52. The minimum atomic E-state index is -1.67. The molecular weight excluding hydrogens is 1260 g/mol. The molecule has 558 valence electrons. The Bertz CT molecular complexity index is 2640. The van der Waals surface area contributed by atoms with Crippen LogP contribution in [0.15, 0.2) is 12.2 Å². The molecule has 0 unspecified atom stereocenters. The molecule has 1 heterocycles. The highest BCUT2D eigenvalue weighted by Gasteiger charge is 2.47. The number of unbranched alkanes of at least 4 members (excludes halogenated alkanes) is 1. The third-order valence-corrected chi connectivity index (χ3v) is 19.4. The van der Waals surface area contributed by atoms with Gasteiger partial charge in [-0.05, 0) is 148 Å². The Morgan fingerprint density at radius 1 is 0.495 bits per heavy atom. The molecule has 0 radical (unpaired) electrons. The summed E-state index contributed by atoms with van der Waals surface area (Å²) in [5, 5.41) is 45.2. The average molecular weight is 1390 g/mol. The van der Waals surface area contributed by atoms with E-state index in [4.69, 9.17) is 0 Å². The first kappa shape index (κ1) is 89.2. The van der Waals surface area contributed by atoms with Gasteiger partial charge in [-0.15, -0.1) is 0 Å². The molecule has 0 aromatic rings. The van der Waals surface area contributed by atoms with E-state index in [2.05, 4.69) is 21.3 Å². The number of amides is 11. The monoisotopic (exact) mass is 1390 g/mol. The summed E-state index contributed by atoms with van der Waals surface area (Å²) >= 11 is 1.35. The van der Waals surface area contributed by atoms with Crippen molar-refractivity contribution in [1.82, 2.24) is 55.6 Å². The van der Waals surface area contributed by atoms with Gasteiger partial charge in [0.05, 0.1) is 17.3 Å². The Morgan fingerprint density at radius 3 is 1.43 bits per heavy atom. The molecule has 1 aliphatic heterocycles. The molecule has 0 aliphatic carbocycles. The fourth-order valence-electron chi connectivity index (χ4n) is 12.0. The Balaban J connectivity index is 4.59. The van der Waals surface area contributed by atoms with E-state index in [0.717, 1.165) is 9.80 Å². The summed E-state index contributed by atoms with van der Waals surface area (Å²) < 4.78 is 0. The molecule has 7 N–H and O–H groups in total. The zero-order valence-electron chi connectivity index (χ0n) is 63.9. The molecule has 1 fully saturated rings. The van der Waals surface area contributed by atoms with E-state index in [1.807, 2.05) is 41.5 Å². The van der Waals surface area contributed by atoms with Crippen molar-refractivity contribution in [3.8, 4) is 0 Å². The van der Waals surface area contributed by atoms with Crippen molar-refractivity contribution in [1.29, 1.82) is 0 Å². The maximum atomic E-state index is 15.4. The Kier molecular flexibility index (Phi) is 37.1. The first-order chi connectivity index (χ1) is 44.6. The fraction of sp³-hybridized carbons (Fsp3) is 0.817. The van der Waals surface area contributed by atoms with E-state index in [1.165, 1.54) is 113 Å². The van der Waals surface area contributed by atoms with E-state index in [1.54, 1.807) is 74.5 Å². The van der Waals surface area contributed by atoms with Gasteiger partial charge in [-0.2, -0.15) is 11.8 Å². The van der Waals surface area contributed by atoms with Gasteiger partial charge in [-0.25, -0.2) is 0 Å². The molecule has 1 saturated heterocycles. The van der Waals surface area contributed by atoms with Crippen molar-refractivity contribution < 1.29 is 68.1 Å². The van der Waals surface area contributed by atoms with Crippen LogP contribution >= 0.6 is 11.8 Å². The van der Waals surface area contributed by atoms with Gasteiger partial charge < -0.3 is 70.9 Å². The van der Waals surface area contributed by atoms with Crippen molar-refractivity contribution in [2.24, 2.45) is 35.5 Å². The predicted molar refractivity (Wildman–Crippen MR) is 381 cm³/mol. The van der Waals surface area contributed by atoms with Crippen molar-refractivity contribution in [2.45, 2.75) is 280 Å². The van der Waals surface area contributed by atoms with Gasteiger partial charge in [0.25, 0.3) is 0 Å². The Hall–Kier alpha value is -5.86. The SMILES string of the molecule is C/C=C/C[C@@H](C)[C@@H](O)[C@H]1C(=O)N[C@H](CC)C(=O)N(C)[C@@H](CSCCCCC(C)(C)O)C(=O)N(C)[C@@H](CC(C)(C)O)C(=O)N[C@H](C(C)C)C(=O)N(C)[C@H](CCC(C)C)C(=O)N[C@H](C)C(=O)N[C@@H](C)C(=O)N(C)[C@@H](CC(C)C)C(=O)N(C)[C@H](CC(C)C)C(=O)N(C)[C@H](C(C)C)C(=O)N1C. The van der Waals surface area contributed by atoms with Gasteiger partial charge in [0.2, 0.25) is 65.0 Å². The Morgan fingerprint density at radius 2 is 0.959 bits per heavy atom. The number of carbonyl (C=O) groups excluding carboxylic acids is 11. The number of hydrogen-bond acceptors (Lipinski definition) is 15. The third-order valence-electron chi connectivity index (χ3n) is 18.3. The smallest absolute Gasteiger partial charge is 0.246 e. The zero-order chi connectivity index (χ0) is 75.2. The minimum absolute atomic E-state index is 0.0221. The summed E-state index contributed by atoms with van der Waals surface area (Å²) in [6, 6.07) is -14.5. The van der Waals surface area contributed by atoms with Gasteiger partial charge in [-0.1, -0.05) is 95.2 Å². The number of aliphatic hydroxyl groups is 3. The number of likely N-dealkylation sites (N-methyl/N-ethyl adjacent to an activating group) is 7. The van der Waals surface area contributed by atoms with Crippen LogP contribution in [0.25, 0.3) is 0 Å². The third kappa shape index (κ3) is 27.3. The first-order valence-corrected chi connectivity index (χ1v) is 36.2. The lowest BCUT2D eigenvalue weighted by molar-refractivity contribution is -0.157. The van der Waals surface area contributed by atoms with Gasteiger partial charge in [-0.3, -0.25) is 52.7 Å².